The molecule has 0 amide bonds. The molecule has 4 heteroatoms. The number of benzene rings is 1. The number of aliphatic hydroxyl groups is 1. The Hall–Kier alpha value is -1.36. The Labute approximate surface area is 144 Å². The first-order valence-electron chi connectivity index (χ1n) is 9.39. The molecule has 1 unspecified atom stereocenters. The number of aromatic nitrogens is 1. The van der Waals surface area contributed by atoms with Crippen LogP contribution in [-0.4, -0.2) is 52.5 Å². The van der Waals surface area contributed by atoms with Crippen molar-refractivity contribution < 1.29 is 9.84 Å². The summed E-state index contributed by atoms with van der Waals surface area (Å²) >= 11 is 0. The average Bonchev–Trinajstić information content (AvgIpc) is 3.22. The second kappa shape index (κ2) is 7.26. The fraction of sp³-hybridized carbons (Fsp3) is 0.600. The van der Waals surface area contributed by atoms with Crippen molar-refractivity contribution in [1.29, 1.82) is 0 Å². The highest BCUT2D eigenvalue weighted by atomic mass is 16.5. The van der Waals surface area contributed by atoms with Crippen LogP contribution in [0, 0.1) is 0 Å². The van der Waals surface area contributed by atoms with Crippen molar-refractivity contribution in [1.82, 2.24) is 9.47 Å². The molecule has 2 fully saturated rings. The van der Waals surface area contributed by atoms with E-state index in [4.69, 9.17) is 4.74 Å². The van der Waals surface area contributed by atoms with Gasteiger partial charge in [0.25, 0.3) is 0 Å². The van der Waals surface area contributed by atoms with Gasteiger partial charge in [0.1, 0.15) is 0 Å². The SMILES string of the molecule is OC1CCN([C@H]2CCCC[C@@H]2OCCn2ccc3ccccc32)C1. The molecule has 2 aliphatic rings. The molecule has 0 bridgehead atoms. The quantitative estimate of drug-likeness (QED) is 0.917. The minimum absolute atomic E-state index is 0.140. The van der Waals surface area contributed by atoms with E-state index in [1.807, 2.05) is 0 Å². The first-order chi connectivity index (χ1) is 11.8. The maximum absolute atomic E-state index is 9.83. The molecule has 1 aromatic heterocycles. The molecule has 1 saturated carbocycles. The summed E-state index contributed by atoms with van der Waals surface area (Å²) in [6.45, 7) is 3.51. The van der Waals surface area contributed by atoms with E-state index in [1.54, 1.807) is 0 Å². The Morgan fingerprint density at radius 1 is 1.08 bits per heavy atom. The zero-order chi connectivity index (χ0) is 16.4. The van der Waals surface area contributed by atoms with Crippen molar-refractivity contribution in [3.63, 3.8) is 0 Å². The molecule has 130 valence electrons. The van der Waals surface area contributed by atoms with Gasteiger partial charge in [-0.05, 0) is 36.8 Å². The second-order valence-electron chi connectivity index (χ2n) is 7.27. The number of ether oxygens (including phenoxy) is 1. The highest BCUT2D eigenvalue weighted by molar-refractivity contribution is 5.79. The van der Waals surface area contributed by atoms with Crippen LogP contribution in [0.4, 0.5) is 0 Å². The summed E-state index contributed by atoms with van der Waals surface area (Å²) in [4.78, 5) is 2.46. The van der Waals surface area contributed by atoms with Crippen LogP contribution < -0.4 is 0 Å². The van der Waals surface area contributed by atoms with Crippen molar-refractivity contribution in [2.24, 2.45) is 0 Å². The number of hydrogen-bond acceptors (Lipinski definition) is 3. The lowest BCUT2D eigenvalue weighted by atomic mass is 9.91. The molecule has 4 rings (SSSR count). The molecule has 1 aliphatic heterocycles. The van der Waals surface area contributed by atoms with Gasteiger partial charge in [0.15, 0.2) is 0 Å². The topological polar surface area (TPSA) is 37.6 Å². The first kappa shape index (κ1) is 16.1. The van der Waals surface area contributed by atoms with Crippen LogP contribution in [0.15, 0.2) is 36.5 Å². The smallest absolute Gasteiger partial charge is 0.0731 e. The summed E-state index contributed by atoms with van der Waals surface area (Å²) in [5.41, 5.74) is 1.28. The Morgan fingerprint density at radius 3 is 2.83 bits per heavy atom. The predicted octanol–water partition coefficient (Wildman–Crippen LogP) is 3.04. The van der Waals surface area contributed by atoms with E-state index in [0.717, 1.165) is 39.1 Å². The number of nitrogens with zero attached hydrogens (tertiary/aromatic N) is 2. The molecule has 1 N–H and O–H groups in total. The van der Waals surface area contributed by atoms with E-state index in [1.165, 1.54) is 30.2 Å². The summed E-state index contributed by atoms with van der Waals surface area (Å²) in [6.07, 6.45) is 8.18. The molecule has 1 saturated heterocycles. The van der Waals surface area contributed by atoms with Gasteiger partial charge in [-0.15, -0.1) is 0 Å². The number of fused-ring (bicyclic) bond motifs is 1. The third kappa shape index (κ3) is 3.37. The molecule has 0 spiro atoms. The molecule has 3 atom stereocenters. The average molecular weight is 328 g/mol. The van der Waals surface area contributed by atoms with Crippen LogP contribution in [0.3, 0.4) is 0 Å². The monoisotopic (exact) mass is 328 g/mol. The zero-order valence-electron chi connectivity index (χ0n) is 14.3. The van der Waals surface area contributed by atoms with E-state index in [2.05, 4.69) is 46.0 Å². The second-order valence-corrected chi connectivity index (χ2v) is 7.27. The molecule has 1 aliphatic carbocycles. The van der Waals surface area contributed by atoms with Gasteiger partial charge >= 0.3 is 0 Å². The van der Waals surface area contributed by atoms with Crippen LogP contribution >= 0.6 is 0 Å². The lowest BCUT2D eigenvalue weighted by Gasteiger charge is -2.37. The fourth-order valence-electron chi connectivity index (χ4n) is 4.40. The highest BCUT2D eigenvalue weighted by Crippen LogP contribution is 2.28. The summed E-state index contributed by atoms with van der Waals surface area (Å²) in [5.74, 6) is 0. The number of hydrogen-bond donors (Lipinski definition) is 1. The standard InChI is InChI=1S/C20H28N2O2/c23-17-10-12-22(15-17)19-7-3-4-8-20(19)24-14-13-21-11-9-16-5-1-2-6-18(16)21/h1-2,5-6,9,11,17,19-20,23H,3-4,7-8,10,12-15H2/t17?,19-,20-/m0/s1. The van der Waals surface area contributed by atoms with Crippen LogP contribution in [0.1, 0.15) is 32.1 Å². The van der Waals surface area contributed by atoms with Crippen molar-refractivity contribution >= 4 is 10.9 Å². The number of aliphatic hydroxyl groups excluding tert-OH is 1. The van der Waals surface area contributed by atoms with Crippen molar-refractivity contribution in [3.05, 3.63) is 36.5 Å². The fourth-order valence-corrected chi connectivity index (χ4v) is 4.40. The molecule has 1 aromatic carbocycles. The van der Waals surface area contributed by atoms with Gasteiger partial charge in [0.2, 0.25) is 0 Å². The van der Waals surface area contributed by atoms with E-state index in [0.29, 0.717) is 12.1 Å². The number of β-amino-alcohol motifs (C(OH)–C–C–N with tert-alkyl or cyclic N) is 1. The summed E-state index contributed by atoms with van der Waals surface area (Å²) in [5, 5.41) is 11.1. The van der Waals surface area contributed by atoms with Gasteiger partial charge in [-0.3, -0.25) is 4.90 Å². The molecule has 2 heterocycles. The predicted molar refractivity (Wildman–Crippen MR) is 96.1 cm³/mol. The molecule has 2 aromatic rings. The number of likely N-dealkylation sites (tertiary alicyclic amines) is 1. The Balaban J connectivity index is 1.35. The number of rotatable bonds is 5. The third-order valence-corrected chi connectivity index (χ3v) is 5.68. The van der Waals surface area contributed by atoms with E-state index in [-0.39, 0.29) is 6.10 Å². The molecule has 4 nitrogen and oxygen atoms in total. The highest BCUT2D eigenvalue weighted by Gasteiger charge is 2.34. The van der Waals surface area contributed by atoms with Crippen molar-refractivity contribution in [2.75, 3.05) is 19.7 Å². The van der Waals surface area contributed by atoms with Crippen LogP contribution in [0.5, 0.6) is 0 Å². The third-order valence-electron chi connectivity index (χ3n) is 5.68. The molecule has 24 heavy (non-hydrogen) atoms. The Kier molecular flexibility index (Phi) is 4.88. The van der Waals surface area contributed by atoms with E-state index in [9.17, 15) is 5.11 Å². The summed E-state index contributed by atoms with van der Waals surface area (Å²) < 4.78 is 8.61. The normalized spacial score (nSPS) is 28.6. The lowest BCUT2D eigenvalue weighted by molar-refractivity contribution is -0.0350. The van der Waals surface area contributed by atoms with Gasteiger partial charge in [0.05, 0.1) is 18.8 Å². The van der Waals surface area contributed by atoms with Gasteiger partial charge < -0.3 is 14.4 Å². The van der Waals surface area contributed by atoms with Gasteiger partial charge in [0, 0.05) is 37.4 Å². The Bertz CT molecular complexity index is 668. The van der Waals surface area contributed by atoms with Crippen molar-refractivity contribution in [3.8, 4) is 0 Å². The van der Waals surface area contributed by atoms with Crippen molar-refractivity contribution in [2.45, 2.75) is 56.9 Å². The Morgan fingerprint density at radius 2 is 1.96 bits per heavy atom. The van der Waals surface area contributed by atoms with Crippen LogP contribution in [-0.2, 0) is 11.3 Å². The molecular weight excluding hydrogens is 300 g/mol. The summed E-state index contributed by atoms with van der Waals surface area (Å²) in [6, 6.07) is 11.2. The minimum atomic E-state index is -0.140. The van der Waals surface area contributed by atoms with E-state index >= 15 is 0 Å². The maximum atomic E-state index is 9.83. The first-order valence-corrected chi connectivity index (χ1v) is 9.39. The van der Waals surface area contributed by atoms with E-state index < -0.39 is 0 Å². The summed E-state index contributed by atoms with van der Waals surface area (Å²) in [7, 11) is 0. The van der Waals surface area contributed by atoms with Gasteiger partial charge in [-0.1, -0.05) is 31.0 Å². The van der Waals surface area contributed by atoms with Gasteiger partial charge in [-0.25, -0.2) is 0 Å². The van der Waals surface area contributed by atoms with Gasteiger partial charge in [-0.2, -0.15) is 0 Å². The van der Waals surface area contributed by atoms with Crippen LogP contribution in [0.2, 0.25) is 0 Å². The van der Waals surface area contributed by atoms with Crippen LogP contribution in [0.25, 0.3) is 10.9 Å². The maximum Gasteiger partial charge on any atom is 0.0731 e. The zero-order valence-corrected chi connectivity index (χ0v) is 14.3. The molecule has 0 radical (unpaired) electrons. The number of para-hydroxylation sites is 1. The minimum Gasteiger partial charge on any atom is -0.392 e. The largest absolute Gasteiger partial charge is 0.392 e. The lowest BCUT2D eigenvalue weighted by Crippen LogP contribution is -2.46. The molecular formula is C20H28N2O2.